The lowest BCUT2D eigenvalue weighted by atomic mass is 9.95. The van der Waals surface area contributed by atoms with Crippen LogP contribution in [0, 0.1) is 5.92 Å². The van der Waals surface area contributed by atoms with E-state index in [1.54, 1.807) is 0 Å². The van der Waals surface area contributed by atoms with Crippen molar-refractivity contribution in [1.82, 2.24) is 9.62 Å². The highest BCUT2D eigenvalue weighted by molar-refractivity contribution is 7.88. The molecule has 0 spiro atoms. The second kappa shape index (κ2) is 3.94. The first kappa shape index (κ1) is 10.9. The van der Waals surface area contributed by atoms with Crippen molar-refractivity contribution in [3.8, 4) is 0 Å². The molecule has 0 aromatic rings. The average molecular weight is 206 g/mol. The predicted molar refractivity (Wildman–Crippen MR) is 53.0 cm³/mol. The van der Waals surface area contributed by atoms with E-state index in [0.29, 0.717) is 5.92 Å². The molecule has 4 nitrogen and oxygen atoms in total. The Bertz CT molecular complexity index is 263. The summed E-state index contributed by atoms with van der Waals surface area (Å²) in [6.45, 7) is 3.97. The second-order valence-electron chi connectivity index (χ2n) is 4.02. The van der Waals surface area contributed by atoms with Gasteiger partial charge in [0.2, 0.25) is 10.0 Å². The van der Waals surface area contributed by atoms with Gasteiger partial charge in [0.1, 0.15) is 0 Å². The standard InChI is InChI=1S/C8H18N2O2S/c1-7-4-5-10(2)6-8(7)9-13(3,11)12/h7-9H,4-6H2,1-3H3. The quantitative estimate of drug-likeness (QED) is 0.685. The summed E-state index contributed by atoms with van der Waals surface area (Å²) >= 11 is 0. The van der Waals surface area contributed by atoms with E-state index >= 15 is 0 Å². The third kappa shape index (κ3) is 3.62. The summed E-state index contributed by atoms with van der Waals surface area (Å²) in [6.07, 6.45) is 2.28. The van der Waals surface area contributed by atoms with Crippen molar-refractivity contribution in [2.75, 3.05) is 26.4 Å². The molecule has 5 heteroatoms. The fourth-order valence-electron chi connectivity index (χ4n) is 1.66. The molecule has 1 aliphatic heterocycles. The van der Waals surface area contributed by atoms with Gasteiger partial charge in [-0.2, -0.15) is 0 Å². The Kier molecular flexibility index (Phi) is 3.32. The molecule has 1 saturated heterocycles. The zero-order valence-corrected chi connectivity index (χ0v) is 9.26. The van der Waals surface area contributed by atoms with Crippen LogP contribution in [0.4, 0.5) is 0 Å². The normalized spacial score (nSPS) is 31.9. The number of hydrogen-bond acceptors (Lipinski definition) is 3. The first-order valence-electron chi connectivity index (χ1n) is 4.54. The molecule has 1 heterocycles. The molecule has 0 radical (unpaired) electrons. The molecule has 78 valence electrons. The van der Waals surface area contributed by atoms with Crippen LogP contribution in [0.1, 0.15) is 13.3 Å². The summed E-state index contributed by atoms with van der Waals surface area (Å²) in [5.41, 5.74) is 0. The van der Waals surface area contributed by atoms with Crippen molar-refractivity contribution in [2.24, 2.45) is 5.92 Å². The van der Waals surface area contributed by atoms with Gasteiger partial charge in [0.15, 0.2) is 0 Å². The molecule has 1 N–H and O–H groups in total. The van der Waals surface area contributed by atoms with E-state index < -0.39 is 10.0 Å². The van der Waals surface area contributed by atoms with Gasteiger partial charge in [-0.05, 0) is 25.9 Å². The Hall–Kier alpha value is -0.130. The van der Waals surface area contributed by atoms with Crippen LogP contribution in [-0.2, 0) is 10.0 Å². The largest absolute Gasteiger partial charge is 0.305 e. The van der Waals surface area contributed by atoms with Crippen molar-refractivity contribution in [2.45, 2.75) is 19.4 Å². The molecular weight excluding hydrogens is 188 g/mol. The highest BCUT2D eigenvalue weighted by Crippen LogP contribution is 2.16. The van der Waals surface area contributed by atoms with Gasteiger partial charge in [0, 0.05) is 12.6 Å². The average Bonchev–Trinajstić information content (AvgIpc) is 1.94. The summed E-state index contributed by atoms with van der Waals surface area (Å²) in [5.74, 6) is 0.436. The second-order valence-corrected chi connectivity index (χ2v) is 5.80. The molecule has 0 saturated carbocycles. The predicted octanol–water partition coefficient (Wildman–Crippen LogP) is -0.124. The lowest BCUT2D eigenvalue weighted by Crippen LogP contribution is -2.50. The molecule has 13 heavy (non-hydrogen) atoms. The molecular formula is C8H18N2O2S. The molecule has 0 aromatic carbocycles. The maximum absolute atomic E-state index is 11.0. The summed E-state index contributed by atoms with van der Waals surface area (Å²) in [6, 6.07) is 0.0775. The van der Waals surface area contributed by atoms with Crippen LogP contribution >= 0.6 is 0 Å². The minimum absolute atomic E-state index is 0.0775. The Balaban J connectivity index is 2.57. The van der Waals surface area contributed by atoms with Crippen LogP contribution in [0.5, 0.6) is 0 Å². The molecule has 2 unspecified atom stereocenters. The Morgan fingerprint density at radius 1 is 1.46 bits per heavy atom. The zero-order valence-electron chi connectivity index (χ0n) is 8.45. The van der Waals surface area contributed by atoms with Gasteiger partial charge >= 0.3 is 0 Å². The minimum atomic E-state index is -3.06. The molecule has 0 aromatic heterocycles. The smallest absolute Gasteiger partial charge is 0.209 e. The Morgan fingerprint density at radius 3 is 2.62 bits per heavy atom. The molecule has 0 amide bonds. The van der Waals surface area contributed by atoms with Crippen LogP contribution in [0.25, 0.3) is 0 Å². The van der Waals surface area contributed by atoms with Crippen molar-refractivity contribution in [1.29, 1.82) is 0 Å². The monoisotopic (exact) mass is 206 g/mol. The third-order valence-electron chi connectivity index (χ3n) is 2.53. The highest BCUT2D eigenvalue weighted by atomic mass is 32.2. The summed E-state index contributed by atoms with van der Waals surface area (Å²) in [4.78, 5) is 2.16. The van der Waals surface area contributed by atoms with E-state index in [1.807, 2.05) is 7.05 Å². The Labute approximate surface area is 80.4 Å². The first-order chi connectivity index (χ1) is 5.88. The molecule has 1 fully saturated rings. The SMILES string of the molecule is CC1CCN(C)CC1NS(C)(=O)=O. The number of likely N-dealkylation sites (N-methyl/N-ethyl adjacent to an activating group) is 1. The molecule has 2 atom stereocenters. The van der Waals surface area contributed by atoms with Gasteiger partial charge in [-0.15, -0.1) is 0 Å². The van der Waals surface area contributed by atoms with E-state index in [0.717, 1.165) is 19.5 Å². The van der Waals surface area contributed by atoms with E-state index in [1.165, 1.54) is 6.26 Å². The van der Waals surface area contributed by atoms with Crippen LogP contribution in [0.2, 0.25) is 0 Å². The number of likely N-dealkylation sites (tertiary alicyclic amines) is 1. The number of nitrogens with zero attached hydrogens (tertiary/aromatic N) is 1. The van der Waals surface area contributed by atoms with E-state index in [-0.39, 0.29) is 6.04 Å². The van der Waals surface area contributed by atoms with Gasteiger partial charge < -0.3 is 4.90 Å². The van der Waals surface area contributed by atoms with Crippen LogP contribution < -0.4 is 4.72 Å². The third-order valence-corrected chi connectivity index (χ3v) is 3.26. The van der Waals surface area contributed by atoms with E-state index in [9.17, 15) is 8.42 Å². The van der Waals surface area contributed by atoms with Crippen molar-refractivity contribution >= 4 is 10.0 Å². The molecule has 0 aliphatic carbocycles. The number of piperidine rings is 1. The number of hydrogen-bond donors (Lipinski definition) is 1. The fourth-order valence-corrected chi connectivity index (χ4v) is 2.52. The number of rotatable bonds is 2. The maximum atomic E-state index is 11.0. The van der Waals surface area contributed by atoms with Crippen molar-refractivity contribution < 1.29 is 8.42 Å². The topological polar surface area (TPSA) is 49.4 Å². The molecule has 1 rings (SSSR count). The van der Waals surface area contributed by atoms with Crippen LogP contribution in [0.3, 0.4) is 0 Å². The van der Waals surface area contributed by atoms with Crippen LogP contribution in [0.15, 0.2) is 0 Å². The fraction of sp³-hybridized carbons (Fsp3) is 1.00. The van der Waals surface area contributed by atoms with Crippen molar-refractivity contribution in [3.05, 3.63) is 0 Å². The maximum Gasteiger partial charge on any atom is 0.209 e. The number of nitrogens with one attached hydrogen (secondary N) is 1. The zero-order chi connectivity index (χ0) is 10.1. The van der Waals surface area contributed by atoms with E-state index in [2.05, 4.69) is 16.5 Å². The van der Waals surface area contributed by atoms with Gasteiger partial charge in [-0.1, -0.05) is 6.92 Å². The highest BCUT2D eigenvalue weighted by Gasteiger charge is 2.26. The van der Waals surface area contributed by atoms with Gasteiger partial charge in [0.05, 0.1) is 6.26 Å². The Morgan fingerprint density at radius 2 is 2.08 bits per heavy atom. The molecule has 1 aliphatic rings. The van der Waals surface area contributed by atoms with E-state index in [4.69, 9.17) is 0 Å². The summed E-state index contributed by atoms with van der Waals surface area (Å²) in [5, 5.41) is 0. The van der Waals surface area contributed by atoms with Gasteiger partial charge in [-0.3, -0.25) is 0 Å². The minimum Gasteiger partial charge on any atom is -0.305 e. The summed E-state index contributed by atoms with van der Waals surface area (Å²) in [7, 11) is -1.04. The first-order valence-corrected chi connectivity index (χ1v) is 6.43. The van der Waals surface area contributed by atoms with Gasteiger partial charge in [-0.25, -0.2) is 13.1 Å². The lowest BCUT2D eigenvalue weighted by Gasteiger charge is -2.34. The van der Waals surface area contributed by atoms with Crippen molar-refractivity contribution in [3.63, 3.8) is 0 Å². The number of sulfonamides is 1. The molecule has 0 bridgehead atoms. The van der Waals surface area contributed by atoms with Crippen LogP contribution in [-0.4, -0.2) is 45.8 Å². The summed E-state index contributed by atoms with van der Waals surface area (Å²) < 4.78 is 24.7. The van der Waals surface area contributed by atoms with Gasteiger partial charge in [0.25, 0.3) is 0 Å². The lowest BCUT2D eigenvalue weighted by molar-refractivity contribution is 0.191.